The molecule has 0 unspecified atom stereocenters. The number of likely N-dealkylation sites (tertiary alicyclic amines) is 1. The molecule has 176 valence electrons. The van der Waals surface area contributed by atoms with Gasteiger partial charge in [0.2, 0.25) is 0 Å². The number of pyridine rings is 1. The topological polar surface area (TPSA) is 54.3 Å². The molecular formula is C27H27ClFN3O2. The average molecular weight is 480 g/mol. The summed E-state index contributed by atoms with van der Waals surface area (Å²) in [7, 11) is 1.60. The van der Waals surface area contributed by atoms with Crippen LogP contribution in [0.25, 0.3) is 0 Å². The third-order valence-electron chi connectivity index (χ3n) is 7.04. The summed E-state index contributed by atoms with van der Waals surface area (Å²) in [5.41, 5.74) is 4.94. The smallest absolute Gasteiger partial charge is 0.271 e. The van der Waals surface area contributed by atoms with Gasteiger partial charge in [0.15, 0.2) is 0 Å². The molecule has 0 saturated carbocycles. The molecule has 1 fully saturated rings. The maximum Gasteiger partial charge on any atom is 0.271 e. The number of halogens is 2. The Bertz CT molecular complexity index is 1290. The number of rotatable bonds is 4. The number of aryl methyl sites for hydroxylation is 3. The number of piperidine rings is 1. The van der Waals surface area contributed by atoms with Gasteiger partial charge in [-0.05, 0) is 79.0 Å². The number of amides is 1. The van der Waals surface area contributed by atoms with Crippen molar-refractivity contribution < 1.29 is 9.18 Å². The molecule has 5 rings (SSSR count). The van der Waals surface area contributed by atoms with Gasteiger partial charge in [0.25, 0.3) is 11.5 Å². The maximum atomic E-state index is 13.6. The van der Waals surface area contributed by atoms with Crippen molar-refractivity contribution in [2.45, 2.75) is 38.0 Å². The minimum atomic E-state index is -0.350. The van der Waals surface area contributed by atoms with Crippen LogP contribution in [0.2, 0.25) is 5.02 Å². The number of fused-ring (bicyclic) bond motifs is 1. The van der Waals surface area contributed by atoms with Gasteiger partial charge in [-0.25, -0.2) is 4.39 Å². The molecule has 34 heavy (non-hydrogen) atoms. The van der Waals surface area contributed by atoms with E-state index >= 15 is 0 Å². The number of hydrogen-bond acceptors (Lipinski definition) is 3. The molecule has 1 saturated heterocycles. The predicted molar refractivity (Wildman–Crippen MR) is 133 cm³/mol. The van der Waals surface area contributed by atoms with Crippen molar-refractivity contribution in [3.05, 3.63) is 92.1 Å². The van der Waals surface area contributed by atoms with Crippen molar-refractivity contribution >= 4 is 28.9 Å². The van der Waals surface area contributed by atoms with Gasteiger partial charge in [0, 0.05) is 32.0 Å². The Morgan fingerprint density at radius 2 is 1.76 bits per heavy atom. The molecule has 1 aliphatic carbocycles. The second-order valence-electron chi connectivity index (χ2n) is 9.23. The van der Waals surface area contributed by atoms with Crippen LogP contribution >= 0.6 is 11.6 Å². The number of nitrogens with one attached hydrogen (secondary N) is 1. The fourth-order valence-corrected chi connectivity index (χ4v) is 5.38. The normalized spacial score (nSPS) is 15.9. The van der Waals surface area contributed by atoms with Crippen LogP contribution in [0.3, 0.4) is 0 Å². The highest BCUT2D eigenvalue weighted by Gasteiger charge is 2.28. The van der Waals surface area contributed by atoms with E-state index in [1.807, 2.05) is 23.1 Å². The number of benzene rings is 2. The summed E-state index contributed by atoms with van der Waals surface area (Å²) < 4.78 is 14.6. The summed E-state index contributed by atoms with van der Waals surface area (Å²) in [6.07, 6.45) is 6.42. The van der Waals surface area contributed by atoms with Crippen molar-refractivity contribution in [2.24, 2.45) is 7.05 Å². The minimum absolute atomic E-state index is 0.00930. The van der Waals surface area contributed by atoms with Crippen LogP contribution in [0.4, 0.5) is 15.8 Å². The lowest BCUT2D eigenvalue weighted by Gasteiger charge is -2.33. The molecule has 2 aliphatic rings. The van der Waals surface area contributed by atoms with E-state index in [9.17, 15) is 14.0 Å². The molecule has 0 spiro atoms. The van der Waals surface area contributed by atoms with Gasteiger partial charge < -0.3 is 14.8 Å². The lowest BCUT2D eigenvalue weighted by Crippen LogP contribution is -2.39. The first-order valence-corrected chi connectivity index (χ1v) is 12.1. The quantitative estimate of drug-likeness (QED) is 0.543. The van der Waals surface area contributed by atoms with Crippen LogP contribution in [0, 0.1) is 5.82 Å². The fourth-order valence-electron chi connectivity index (χ4n) is 5.10. The van der Waals surface area contributed by atoms with Crippen LogP contribution in [-0.2, 0) is 19.9 Å². The third-order valence-corrected chi connectivity index (χ3v) is 7.39. The SMILES string of the molecule is Cn1cc(C(=O)N2CCC(c3ccc(F)cc3)CC2)c(Nc2ccc3c(c2)CCC3)c(Cl)c1=O. The van der Waals surface area contributed by atoms with E-state index in [1.165, 1.54) is 27.8 Å². The fraction of sp³-hybridized carbons (Fsp3) is 0.333. The Balaban J connectivity index is 1.39. The van der Waals surface area contributed by atoms with E-state index in [-0.39, 0.29) is 28.2 Å². The summed E-state index contributed by atoms with van der Waals surface area (Å²) in [5.74, 6) is -0.109. The van der Waals surface area contributed by atoms with E-state index in [2.05, 4.69) is 17.4 Å². The number of hydrogen-bond donors (Lipinski definition) is 1. The van der Waals surface area contributed by atoms with Gasteiger partial charge in [0.05, 0.1) is 11.3 Å². The molecule has 0 radical (unpaired) electrons. The van der Waals surface area contributed by atoms with Crippen molar-refractivity contribution in [1.29, 1.82) is 0 Å². The van der Waals surface area contributed by atoms with E-state index in [4.69, 9.17) is 11.6 Å². The average Bonchev–Trinajstić information content (AvgIpc) is 3.32. The minimum Gasteiger partial charge on any atom is -0.353 e. The first-order valence-electron chi connectivity index (χ1n) is 11.7. The van der Waals surface area contributed by atoms with Gasteiger partial charge in [0.1, 0.15) is 10.8 Å². The van der Waals surface area contributed by atoms with Gasteiger partial charge in [-0.1, -0.05) is 29.8 Å². The molecule has 1 aromatic heterocycles. The highest BCUT2D eigenvalue weighted by atomic mass is 35.5. The Morgan fingerprint density at radius 1 is 1.06 bits per heavy atom. The molecule has 2 heterocycles. The van der Waals surface area contributed by atoms with Gasteiger partial charge >= 0.3 is 0 Å². The Hall–Kier alpha value is -3.12. The largest absolute Gasteiger partial charge is 0.353 e. The molecule has 3 aromatic rings. The molecule has 1 amide bonds. The number of carbonyl (C=O) groups is 1. The van der Waals surface area contributed by atoms with Crippen molar-refractivity contribution in [2.75, 3.05) is 18.4 Å². The lowest BCUT2D eigenvalue weighted by atomic mass is 9.89. The first kappa shape index (κ1) is 22.7. The van der Waals surface area contributed by atoms with Gasteiger partial charge in [-0.15, -0.1) is 0 Å². The van der Waals surface area contributed by atoms with Crippen LogP contribution in [0.5, 0.6) is 0 Å². The van der Waals surface area contributed by atoms with Crippen molar-refractivity contribution in [3.8, 4) is 0 Å². The molecule has 2 aromatic carbocycles. The van der Waals surface area contributed by atoms with E-state index in [0.29, 0.717) is 24.3 Å². The van der Waals surface area contributed by atoms with E-state index < -0.39 is 0 Å². The monoisotopic (exact) mass is 479 g/mol. The van der Waals surface area contributed by atoms with Crippen LogP contribution in [-0.4, -0.2) is 28.5 Å². The number of aromatic nitrogens is 1. The first-order chi connectivity index (χ1) is 16.4. The Labute approximate surface area is 203 Å². The second-order valence-corrected chi connectivity index (χ2v) is 9.61. The molecule has 5 nitrogen and oxygen atoms in total. The molecule has 7 heteroatoms. The summed E-state index contributed by atoms with van der Waals surface area (Å²) in [6.45, 7) is 1.17. The molecular weight excluding hydrogens is 453 g/mol. The van der Waals surface area contributed by atoms with Gasteiger partial charge in [-0.3, -0.25) is 9.59 Å². The maximum absolute atomic E-state index is 13.6. The molecule has 0 bridgehead atoms. The summed E-state index contributed by atoms with van der Waals surface area (Å²) in [6, 6.07) is 12.8. The summed E-state index contributed by atoms with van der Waals surface area (Å²) in [5, 5.41) is 3.28. The second kappa shape index (κ2) is 9.26. The molecule has 1 aliphatic heterocycles. The van der Waals surface area contributed by atoms with Crippen molar-refractivity contribution in [1.82, 2.24) is 9.47 Å². The lowest BCUT2D eigenvalue weighted by molar-refractivity contribution is 0.0713. The zero-order chi connectivity index (χ0) is 23.8. The zero-order valence-electron chi connectivity index (χ0n) is 19.1. The highest BCUT2D eigenvalue weighted by molar-refractivity contribution is 6.34. The van der Waals surface area contributed by atoms with Crippen molar-refractivity contribution in [3.63, 3.8) is 0 Å². The standard InChI is InChI=1S/C27H27ClFN3O2/c1-31-16-23(26(33)32-13-11-19(12-14-32)18-5-8-21(29)9-6-18)25(24(28)27(31)34)30-22-10-7-17-3-2-4-20(17)15-22/h5-10,15-16,19,30H,2-4,11-14H2,1H3. The predicted octanol–water partition coefficient (Wildman–Crippen LogP) is 5.43. The number of nitrogens with zero attached hydrogens (tertiary/aromatic N) is 2. The van der Waals surface area contributed by atoms with E-state index in [0.717, 1.165) is 43.4 Å². The summed E-state index contributed by atoms with van der Waals surface area (Å²) >= 11 is 6.47. The number of carbonyl (C=O) groups excluding carboxylic acids is 1. The van der Waals surface area contributed by atoms with Crippen LogP contribution in [0.1, 0.15) is 52.2 Å². The van der Waals surface area contributed by atoms with Crippen LogP contribution in [0.15, 0.2) is 53.5 Å². The number of anilines is 2. The Kier molecular flexibility index (Phi) is 6.17. The zero-order valence-corrected chi connectivity index (χ0v) is 19.9. The highest BCUT2D eigenvalue weighted by Crippen LogP contribution is 2.33. The summed E-state index contributed by atoms with van der Waals surface area (Å²) in [4.78, 5) is 28.0. The molecule has 0 atom stereocenters. The Morgan fingerprint density at radius 3 is 2.50 bits per heavy atom. The van der Waals surface area contributed by atoms with Crippen LogP contribution < -0.4 is 10.9 Å². The molecule has 1 N–H and O–H groups in total. The van der Waals surface area contributed by atoms with Gasteiger partial charge in [-0.2, -0.15) is 0 Å². The third kappa shape index (κ3) is 4.34. The van der Waals surface area contributed by atoms with E-state index in [1.54, 1.807) is 13.2 Å².